The lowest BCUT2D eigenvalue weighted by Gasteiger charge is -2.36. The molecule has 1 aromatic carbocycles. The molecule has 1 saturated heterocycles. The molecule has 136 valence electrons. The molecule has 5 nitrogen and oxygen atoms in total. The lowest BCUT2D eigenvalue weighted by Crippen LogP contribution is -2.48. The van der Waals surface area contributed by atoms with Crippen LogP contribution in [0.3, 0.4) is 0 Å². The van der Waals surface area contributed by atoms with Gasteiger partial charge in [-0.3, -0.25) is 14.6 Å². The van der Waals surface area contributed by atoms with Crippen LogP contribution in [-0.4, -0.2) is 47.8 Å². The van der Waals surface area contributed by atoms with Crippen LogP contribution in [0.1, 0.15) is 23.3 Å². The number of anilines is 1. The van der Waals surface area contributed by atoms with Crippen LogP contribution in [0.15, 0.2) is 42.6 Å². The van der Waals surface area contributed by atoms with Crippen LogP contribution in [0.25, 0.3) is 0 Å². The number of benzene rings is 1. The molecule has 1 fully saturated rings. The van der Waals surface area contributed by atoms with E-state index in [1.54, 1.807) is 29.3 Å². The fraction of sp³-hybridized carbons (Fsp3) is 0.316. The number of amides is 1. The standard InChI is InChI=1S/C19H19F2N3O2/c20-15-5-4-14(13-16(15)21)23-9-11-24(12-10-23)19(26)7-6-18(25)17-3-1-2-8-22-17/h1-5,8,13H,6-7,9-12H2. The second-order valence-electron chi connectivity index (χ2n) is 6.10. The van der Waals surface area contributed by atoms with Crippen LogP contribution < -0.4 is 4.90 Å². The summed E-state index contributed by atoms with van der Waals surface area (Å²) in [5, 5.41) is 0. The van der Waals surface area contributed by atoms with Crippen LogP contribution in [0.4, 0.5) is 14.5 Å². The molecule has 0 unspecified atom stereocenters. The lowest BCUT2D eigenvalue weighted by atomic mass is 10.1. The number of hydrogen-bond donors (Lipinski definition) is 0. The number of carbonyl (C=O) groups excluding carboxylic acids is 2. The summed E-state index contributed by atoms with van der Waals surface area (Å²) in [4.78, 5) is 31.9. The largest absolute Gasteiger partial charge is 0.368 e. The summed E-state index contributed by atoms with van der Waals surface area (Å²) in [5.41, 5.74) is 0.963. The molecular weight excluding hydrogens is 340 g/mol. The van der Waals surface area contributed by atoms with Crippen molar-refractivity contribution in [1.29, 1.82) is 0 Å². The molecule has 1 amide bonds. The number of aromatic nitrogens is 1. The Bertz CT molecular complexity index is 791. The van der Waals surface area contributed by atoms with E-state index in [0.29, 0.717) is 37.6 Å². The molecule has 1 aliphatic heterocycles. The molecule has 2 aromatic rings. The van der Waals surface area contributed by atoms with Gasteiger partial charge in [-0.25, -0.2) is 8.78 Å². The third-order valence-electron chi connectivity index (χ3n) is 4.42. The van der Waals surface area contributed by atoms with Gasteiger partial charge in [0.25, 0.3) is 0 Å². The van der Waals surface area contributed by atoms with Crippen molar-refractivity contribution >= 4 is 17.4 Å². The number of Topliss-reactive ketones (excluding diaryl/α,β-unsaturated/α-hetero) is 1. The monoisotopic (exact) mass is 359 g/mol. The quantitative estimate of drug-likeness (QED) is 0.771. The predicted molar refractivity (Wildman–Crippen MR) is 93.0 cm³/mol. The van der Waals surface area contributed by atoms with Crippen LogP contribution in [0.2, 0.25) is 0 Å². The third kappa shape index (κ3) is 4.22. The predicted octanol–water partition coefficient (Wildman–Crippen LogP) is 2.67. The number of ketones is 1. The van der Waals surface area contributed by atoms with Gasteiger partial charge >= 0.3 is 0 Å². The minimum absolute atomic E-state index is 0.0841. The summed E-state index contributed by atoms with van der Waals surface area (Å²) in [6.45, 7) is 2.03. The van der Waals surface area contributed by atoms with E-state index in [2.05, 4.69) is 4.98 Å². The third-order valence-corrected chi connectivity index (χ3v) is 4.42. The Morgan fingerprint density at radius 2 is 1.73 bits per heavy atom. The highest BCUT2D eigenvalue weighted by atomic mass is 19.2. The number of hydrogen-bond acceptors (Lipinski definition) is 4. The normalized spacial score (nSPS) is 14.4. The van der Waals surface area contributed by atoms with E-state index in [1.165, 1.54) is 12.1 Å². The first kappa shape index (κ1) is 18.0. The van der Waals surface area contributed by atoms with Gasteiger partial charge in [0, 0.05) is 57.0 Å². The highest BCUT2D eigenvalue weighted by Crippen LogP contribution is 2.20. The minimum Gasteiger partial charge on any atom is -0.368 e. The first-order valence-electron chi connectivity index (χ1n) is 8.46. The second-order valence-corrected chi connectivity index (χ2v) is 6.10. The van der Waals surface area contributed by atoms with Gasteiger partial charge in [0.05, 0.1) is 0 Å². The molecule has 3 rings (SSSR count). The topological polar surface area (TPSA) is 53.5 Å². The molecule has 1 aromatic heterocycles. The molecule has 0 aliphatic carbocycles. The maximum absolute atomic E-state index is 13.4. The van der Waals surface area contributed by atoms with E-state index < -0.39 is 11.6 Å². The van der Waals surface area contributed by atoms with Gasteiger partial charge in [-0.1, -0.05) is 6.07 Å². The molecule has 2 heterocycles. The smallest absolute Gasteiger partial charge is 0.223 e. The Kier molecular flexibility index (Phi) is 5.55. The fourth-order valence-electron chi connectivity index (χ4n) is 2.93. The van der Waals surface area contributed by atoms with Crippen molar-refractivity contribution in [2.24, 2.45) is 0 Å². The maximum atomic E-state index is 13.4. The number of nitrogens with zero attached hydrogens (tertiary/aromatic N) is 3. The number of halogens is 2. The average molecular weight is 359 g/mol. The number of pyridine rings is 1. The van der Waals surface area contributed by atoms with E-state index in [0.717, 1.165) is 6.07 Å². The molecule has 0 saturated carbocycles. The van der Waals surface area contributed by atoms with E-state index >= 15 is 0 Å². The van der Waals surface area contributed by atoms with Gasteiger partial charge in [-0.05, 0) is 24.3 Å². The summed E-state index contributed by atoms with van der Waals surface area (Å²) in [6.07, 6.45) is 1.81. The summed E-state index contributed by atoms with van der Waals surface area (Å²) in [7, 11) is 0. The molecule has 0 bridgehead atoms. The van der Waals surface area contributed by atoms with Gasteiger partial charge in [0.15, 0.2) is 17.4 Å². The van der Waals surface area contributed by atoms with Crippen LogP contribution in [-0.2, 0) is 4.79 Å². The Hall–Kier alpha value is -2.83. The van der Waals surface area contributed by atoms with Crippen molar-refractivity contribution in [3.8, 4) is 0 Å². The van der Waals surface area contributed by atoms with Crippen LogP contribution in [0, 0.1) is 11.6 Å². The minimum atomic E-state index is -0.881. The first-order valence-corrected chi connectivity index (χ1v) is 8.46. The Morgan fingerprint density at radius 1 is 0.962 bits per heavy atom. The SMILES string of the molecule is O=C(CCC(=O)N1CCN(c2ccc(F)c(F)c2)CC1)c1ccccn1. The van der Waals surface area contributed by atoms with Crippen molar-refractivity contribution in [2.45, 2.75) is 12.8 Å². The number of rotatable bonds is 5. The molecule has 0 atom stereocenters. The molecule has 26 heavy (non-hydrogen) atoms. The zero-order valence-electron chi connectivity index (χ0n) is 14.2. The molecule has 1 aliphatic rings. The summed E-state index contributed by atoms with van der Waals surface area (Å²) < 4.78 is 26.4. The Balaban J connectivity index is 1.49. The van der Waals surface area contributed by atoms with Gasteiger partial charge < -0.3 is 9.80 Å². The molecule has 7 heteroatoms. The summed E-state index contributed by atoms with van der Waals surface area (Å²) in [5.74, 6) is -1.99. The molecule has 0 spiro atoms. The fourth-order valence-corrected chi connectivity index (χ4v) is 2.93. The lowest BCUT2D eigenvalue weighted by molar-refractivity contribution is -0.131. The molecular formula is C19H19F2N3O2. The maximum Gasteiger partial charge on any atom is 0.223 e. The zero-order valence-corrected chi connectivity index (χ0v) is 14.2. The Labute approximate surface area is 150 Å². The van der Waals surface area contributed by atoms with E-state index in [9.17, 15) is 18.4 Å². The van der Waals surface area contributed by atoms with Crippen molar-refractivity contribution in [2.75, 3.05) is 31.1 Å². The van der Waals surface area contributed by atoms with E-state index in [4.69, 9.17) is 0 Å². The van der Waals surface area contributed by atoms with Crippen molar-refractivity contribution in [3.63, 3.8) is 0 Å². The van der Waals surface area contributed by atoms with Gasteiger partial charge in [-0.2, -0.15) is 0 Å². The number of piperazine rings is 1. The van der Waals surface area contributed by atoms with E-state index in [1.807, 2.05) is 4.90 Å². The Morgan fingerprint density at radius 3 is 2.38 bits per heavy atom. The second kappa shape index (κ2) is 8.03. The summed E-state index contributed by atoms with van der Waals surface area (Å²) in [6, 6.07) is 8.90. The van der Waals surface area contributed by atoms with Crippen molar-refractivity contribution in [1.82, 2.24) is 9.88 Å². The van der Waals surface area contributed by atoms with Gasteiger partial charge in [-0.15, -0.1) is 0 Å². The highest BCUT2D eigenvalue weighted by molar-refractivity contribution is 5.96. The highest BCUT2D eigenvalue weighted by Gasteiger charge is 2.22. The zero-order chi connectivity index (χ0) is 18.5. The molecule has 0 radical (unpaired) electrons. The number of carbonyl (C=O) groups is 2. The van der Waals surface area contributed by atoms with Crippen LogP contribution in [0.5, 0.6) is 0 Å². The van der Waals surface area contributed by atoms with Crippen molar-refractivity contribution in [3.05, 3.63) is 59.9 Å². The summed E-state index contributed by atoms with van der Waals surface area (Å²) >= 11 is 0. The molecule has 0 N–H and O–H groups in total. The average Bonchev–Trinajstić information content (AvgIpc) is 2.69. The van der Waals surface area contributed by atoms with Gasteiger partial charge in [0.2, 0.25) is 5.91 Å². The van der Waals surface area contributed by atoms with Gasteiger partial charge in [0.1, 0.15) is 5.69 Å². The first-order chi connectivity index (χ1) is 12.5. The van der Waals surface area contributed by atoms with Crippen molar-refractivity contribution < 1.29 is 18.4 Å². The van der Waals surface area contributed by atoms with E-state index in [-0.39, 0.29) is 24.5 Å². The van der Waals surface area contributed by atoms with Crippen LogP contribution >= 0.6 is 0 Å².